The predicted octanol–water partition coefficient (Wildman–Crippen LogP) is 1.73. The van der Waals surface area contributed by atoms with Gasteiger partial charge in [0, 0.05) is 6.04 Å². The van der Waals surface area contributed by atoms with Gasteiger partial charge in [-0.1, -0.05) is 25.0 Å². The van der Waals surface area contributed by atoms with E-state index in [4.69, 9.17) is 0 Å². The maximum absolute atomic E-state index is 12.7. The van der Waals surface area contributed by atoms with Crippen molar-refractivity contribution >= 4 is 17.8 Å². The Morgan fingerprint density at radius 3 is 2.53 bits per heavy atom. The Balaban J connectivity index is 1.91. The van der Waals surface area contributed by atoms with Gasteiger partial charge in [-0.05, 0) is 32.1 Å². The van der Waals surface area contributed by atoms with Crippen molar-refractivity contribution in [2.75, 3.05) is 0 Å². The van der Waals surface area contributed by atoms with Crippen molar-refractivity contribution in [2.24, 2.45) is 5.41 Å². The van der Waals surface area contributed by atoms with Crippen LogP contribution in [0.25, 0.3) is 0 Å². The lowest BCUT2D eigenvalue weighted by Crippen LogP contribution is -2.65. The van der Waals surface area contributed by atoms with Gasteiger partial charge >= 0.3 is 6.03 Å². The molecule has 1 saturated carbocycles. The number of carbonyl (C=O) groups excluding carboxylic acids is 3. The van der Waals surface area contributed by atoms with Gasteiger partial charge in [0.25, 0.3) is 0 Å². The molecule has 19 heavy (non-hydrogen) atoms. The highest BCUT2D eigenvalue weighted by Gasteiger charge is 2.56. The van der Waals surface area contributed by atoms with Gasteiger partial charge in [0.1, 0.15) is 5.41 Å². The molecule has 0 aromatic heterocycles. The lowest BCUT2D eigenvalue weighted by molar-refractivity contribution is -0.152. The third-order valence-corrected chi connectivity index (χ3v) is 4.57. The first kappa shape index (κ1) is 12.4. The first-order chi connectivity index (χ1) is 9.15. The Morgan fingerprint density at radius 2 is 1.89 bits per heavy atom. The number of nitrogens with one attached hydrogen (secondary N) is 1. The predicted molar refractivity (Wildman–Crippen MR) is 68.1 cm³/mol. The van der Waals surface area contributed by atoms with Crippen LogP contribution in [0.2, 0.25) is 0 Å². The number of nitrogens with zero attached hydrogens (tertiary/aromatic N) is 1. The maximum Gasteiger partial charge on any atom is 0.331 e. The molecule has 2 fully saturated rings. The van der Waals surface area contributed by atoms with Crippen LogP contribution in [0.1, 0.15) is 44.9 Å². The smallest absolute Gasteiger partial charge is 0.277 e. The average molecular weight is 262 g/mol. The SMILES string of the molecule is O=C1NC(=O)C2(CCCC2)C(=O)N1C1CC=CCC1. The van der Waals surface area contributed by atoms with E-state index < -0.39 is 11.4 Å². The summed E-state index contributed by atoms with van der Waals surface area (Å²) in [5.41, 5.74) is -0.963. The Labute approximate surface area is 112 Å². The Kier molecular flexibility index (Phi) is 2.92. The summed E-state index contributed by atoms with van der Waals surface area (Å²) in [5, 5.41) is 2.39. The molecule has 1 heterocycles. The highest BCUT2D eigenvalue weighted by molar-refractivity contribution is 6.19. The summed E-state index contributed by atoms with van der Waals surface area (Å²) < 4.78 is 0. The minimum atomic E-state index is -0.963. The number of urea groups is 1. The lowest BCUT2D eigenvalue weighted by atomic mass is 9.81. The fourth-order valence-electron chi connectivity index (χ4n) is 3.46. The molecule has 1 N–H and O–H groups in total. The molecule has 1 atom stereocenters. The monoisotopic (exact) mass is 262 g/mol. The Hall–Kier alpha value is -1.65. The number of imide groups is 2. The van der Waals surface area contributed by atoms with Gasteiger partial charge in [0.2, 0.25) is 11.8 Å². The lowest BCUT2D eigenvalue weighted by Gasteiger charge is -2.41. The van der Waals surface area contributed by atoms with Crippen molar-refractivity contribution in [3.05, 3.63) is 12.2 Å². The average Bonchev–Trinajstić information content (AvgIpc) is 2.89. The molecule has 1 saturated heterocycles. The van der Waals surface area contributed by atoms with Gasteiger partial charge in [-0.3, -0.25) is 19.8 Å². The second-order valence-electron chi connectivity index (χ2n) is 5.66. The number of rotatable bonds is 1. The van der Waals surface area contributed by atoms with Gasteiger partial charge in [-0.15, -0.1) is 0 Å². The number of carbonyl (C=O) groups is 3. The van der Waals surface area contributed by atoms with Crippen LogP contribution in [0, 0.1) is 5.41 Å². The van der Waals surface area contributed by atoms with E-state index >= 15 is 0 Å². The third kappa shape index (κ3) is 1.79. The van der Waals surface area contributed by atoms with E-state index in [0.717, 1.165) is 25.7 Å². The molecule has 2 aliphatic carbocycles. The van der Waals surface area contributed by atoms with E-state index in [9.17, 15) is 14.4 Å². The molecule has 5 heteroatoms. The summed E-state index contributed by atoms with van der Waals surface area (Å²) >= 11 is 0. The Morgan fingerprint density at radius 1 is 1.16 bits per heavy atom. The molecular weight excluding hydrogens is 244 g/mol. The summed E-state index contributed by atoms with van der Waals surface area (Å²) in [7, 11) is 0. The molecule has 102 valence electrons. The highest BCUT2D eigenvalue weighted by atomic mass is 16.2. The molecule has 0 aromatic carbocycles. The fourth-order valence-corrected chi connectivity index (χ4v) is 3.46. The zero-order chi connectivity index (χ0) is 13.5. The van der Waals surface area contributed by atoms with Crippen LogP contribution in [0.4, 0.5) is 4.79 Å². The Bertz CT molecular complexity index is 463. The van der Waals surface area contributed by atoms with Crippen molar-refractivity contribution in [3.8, 4) is 0 Å². The number of amides is 4. The minimum Gasteiger partial charge on any atom is -0.277 e. The summed E-state index contributed by atoms with van der Waals surface area (Å²) in [6.45, 7) is 0. The van der Waals surface area contributed by atoms with E-state index in [2.05, 4.69) is 11.4 Å². The van der Waals surface area contributed by atoms with Crippen LogP contribution in [0.3, 0.4) is 0 Å². The molecular formula is C14H18N2O3. The largest absolute Gasteiger partial charge is 0.331 e. The van der Waals surface area contributed by atoms with Crippen molar-refractivity contribution in [2.45, 2.75) is 51.0 Å². The zero-order valence-corrected chi connectivity index (χ0v) is 10.9. The first-order valence-electron chi connectivity index (χ1n) is 6.99. The van der Waals surface area contributed by atoms with Gasteiger partial charge in [0.05, 0.1) is 0 Å². The van der Waals surface area contributed by atoms with Crippen LogP contribution in [0.15, 0.2) is 12.2 Å². The number of barbiturate groups is 1. The van der Waals surface area contributed by atoms with Crippen molar-refractivity contribution in [1.29, 1.82) is 0 Å². The summed E-state index contributed by atoms with van der Waals surface area (Å²) in [5.74, 6) is -0.651. The number of hydrogen-bond donors (Lipinski definition) is 1. The van der Waals surface area contributed by atoms with Crippen LogP contribution in [-0.4, -0.2) is 28.8 Å². The maximum atomic E-state index is 12.7. The van der Waals surface area contributed by atoms with Gasteiger partial charge in [0.15, 0.2) is 0 Å². The van der Waals surface area contributed by atoms with E-state index in [-0.39, 0.29) is 17.9 Å². The molecule has 1 spiro atoms. The topological polar surface area (TPSA) is 66.5 Å². The molecule has 1 aliphatic heterocycles. The standard InChI is InChI=1S/C14H18N2O3/c17-11-14(8-4-5-9-14)12(18)16(13(19)15-11)10-6-2-1-3-7-10/h1-2,10H,3-9H2,(H,15,17,19). The zero-order valence-electron chi connectivity index (χ0n) is 10.9. The minimum absolute atomic E-state index is 0.0944. The van der Waals surface area contributed by atoms with Crippen molar-refractivity contribution < 1.29 is 14.4 Å². The number of allylic oxidation sites excluding steroid dienone is 1. The van der Waals surface area contributed by atoms with E-state index in [1.807, 2.05) is 6.08 Å². The summed E-state index contributed by atoms with van der Waals surface area (Å²) in [6, 6.07) is -0.629. The molecule has 1 unspecified atom stereocenters. The van der Waals surface area contributed by atoms with Crippen molar-refractivity contribution in [1.82, 2.24) is 10.2 Å². The highest BCUT2D eigenvalue weighted by Crippen LogP contribution is 2.42. The summed E-state index contributed by atoms with van der Waals surface area (Å²) in [6.07, 6.45) is 9.35. The number of hydrogen-bond acceptors (Lipinski definition) is 3. The van der Waals surface area contributed by atoms with E-state index in [1.54, 1.807) is 0 Å². The van der Waals surface area contributed by atoms with E-state index in [1.165, 1.54) is 4.90 Å². The second-order valence-corrected chi connectivity index (χ2v) is 5.66. The summed E-state index contributed by atoms with van der Waals surface area (Å²) in [4.78, 5) is 38.1. The molecule has 0 radical (unpaired) electrons. The molecule has 4 amide bonds. The molecule has 0 aromatic rings. The van der Waals surface area contributed by atoms with Gasteiger partial charge in [-0.25, -0.2) is 4.79 Å². The van der Waals surface area contributed by atoms with Crippen LogP contribution < -0.4 is 5.32 Å². The van der Waals surface area contributed by atoms with Gasteiger partial charge < -0.3 is 0 Å². The van der Waals surface area contributed by atoms with Crippen LogP contribution in [-0.2, 0) is 9.59 Å². The molecule has 5 nitrogen and oxygen atoms in total. The quantitative estimate of drug-likeness (QED) is 0.578. The first-order valence-corrected chi connectivity index (χ1v) is 6.99. The molecule has 3 aliphatic rings. The third-order valence-electron chi connectivity index (χ3n) is 4.57. The van der Waals surface area contributed by atoms with Crippen LogP contribution >= 0.6 is 0 Å². The molecule has 3 rings (SSSR count). The fraction of sp³-hybridized carbons (Fsp3) is 0.643. The molecule has 0 bridgehead atoms. The van der Waals surface area contributed by atoms with Gasteiger partial charge in [-0.2, -0.15) is 0 Å². The van der Waals surface area contributed by atoms with Crippen molar-refractivity contribution in [3.63, 3.8) is 0 Å². The second kappa shape index (κ2) is 4.47. The van der Waals surface area contributed by atoms with E-state index in [0.29, 0.717) is 19.3 Å². The van der Waals surface area contributed by atoms with Crippen LogP contribution in [0.5, 0.6) is 0 Å². The normalized spacial score (nSPS) is 30.0.